The number of amides is 3. The topological polar surface area (TPSA) is 119 Å². The highest BCUT2D eigenvalue weighted by Gasteiger charge is 2.42. The largest absolute Gasteiger partial charge is 0.487 e. The van der Waals surface area contributed by atoms with Gasteiger partial charge in [-0.25, -0.2) is 9.48 Å². The molecule has 0 bridgehead atoms. The Kier molecular flexibility index (Phi) is 10.8. The number of likely N-dealkylation sites (tertiary alicyclic amines) is 1. The van der Waals surface area contributed by atoms with E-state index in [1.54, 1.807) is 19.4 Å². The normalized spacial score (nSPS) is 18.6. The summed E-state index contributed by atoms with van der Waals surface area (Å²) in [6.45, 7) is 12.3. The van der Waals surface area contributed by atoms with E-state index in [4.69, 9.17) is 14.2 Å². The molecule has 3 aromatic rings. The van der Waals surface area contributed by atoms with E-state index >= 15 is 0 Å². The molecule has 0 N–H and O–H groups in total. The van der Waals surface area contributed by atoms with Crippen LogP contribution >= 0.6 is 0 Å². The Morgan fingerprint density at radius 2 is 1.62 bits per heavy atom. The number of carbonyl (C=O) groups excluding carboxylic acids is 3. The van der Waals surface area contributed by atoms with Crippen molar-refractivity contribution in [2.45, 2.75) is 59.3 Å². The van der Waals surface area contributed by atoms with Crippen LogP contribution in [-0.4, -0.2) is 105 Å². The minimum absolute atomic E-state index is 0.0459. The molecule has 2 aliphatic rings. The Hall–Kier alpha value is -4.45. The van der Waals surface area contributed by atoms with E-state index in [2.05, 4.69) is 10.3 Å². The van der Waals surface area contributed by atoms with Crippen LogP contribution in [0.25, 0.3) is 5.69 Å². The van der Waals surface area contributed by atoms with Crippen LogP contribution in [0.15, 0.2) is 60.7 Å². The number of ether oxygens (including phenoxy) is 3. The molecule has 12 nitrogen and oxygen atoms in total. The number of hydrogen-bond acceptors (Lipinski definition) is 8. The van der Waals surface area contributed by atoms with Crippen LogP contribution in [0.2, 0.25) is 0 Å². The van der Waals surface area contributed by atoms with Gasteiger partial charge >= 0.3 is 6.09 Å². The highest BCUT2D eigenvalue weighted by molar-refractivity contribution is 5.94. The minimum Gasteiger partial charge on any atom is -0.487 e. The van der Waals surface area contributed by atoms with Crippen LogP contribution in [0.5, 0.6) is 5.75 Å². The molecule has 12 heteroatoms. The van der Waals surface area contributed by atoms with Crippen molar-refractivity contribution in [3.63, 3.8) is 0 Å². The van der Waals surface area contributed by atoms with E-state index in [0.29, 0.717) is 50.7 Å². The molecule has 2 saturated heterocycles. The molecule has 0 aliphatic carbocycles. The maximum atomic E-state index is 14.6. The summed E-state index contributed by atoms with van der Waals surface area (Å²) in [5, 5.41) is 8.80. The van der Waals surface area contributed by atoms with E-state index in [0.717, 1.165) is 5.69 Å². The number of benzene rings is 2. The Bertz CT molecular complexity index is 1500. The lowest BCUT2D eigenvalue weighted by molar-refractivity contribution is -0.142. The third-order valence-electron chi connectivity index (χ3n) is 8.10. The van der Waals surface area contributed by atoms with Gasteiger partial charge in [0.25, 0.3) is 5.91 Å². The molecular weight excluding hydrogens is 600 g/mol. The Balaban J connectivity index is 1.49. The van der Waals surface area contributed by atoms with Gasteiger partial charge in [-0.15, -0.1) is 5.10 Å². The van der Waals surface area contributed by atoms with Crippen molar-refractivity contribution in [2.75, 3.05) is 45.9 Å². The standard InChI is InChI=1S/C35H46N6O6/c1-25(2)21-40(28-20-26(32(42)38-16-18-45-19-17-38)22-39(23-28)34(44)47-35(3,4)5)33(43)31-30(24-46-29-14-10-7-11-15-29)41(37-36-31)27-12-8-6-9-13-27/h6-15,25-26,28H,16-24H2,1-5H3/t26-,28+/m1/s1. The smallest absolute Gasteiger partial charge is 0.410 e. The Labute approximate surface area is 276 Å². The lowest BCUT2D eigenvalue weighted by Crippen LogP contribution is -2.58. The first kappa shape index (κ1) is 33.9. The molecule has 2 aliphatic heterocycles. The lowest BCUT2D eigenvalue weighted by atomic mass is 9.91. The number of rotatable bonds is 9. The second-order valence-electron chi connectivity index (χ2n) is 13.5. The highest BCUT2D eigenvalue weighted by atomic mass is 16.6. The molecule has 0 saturated carbocycles. The molecule has 2 aromatic carbocycles. The van der Waals surface area contributed by atoms with Gasteiger partial charge in [0.15, 0.2) is 5.69 Å². The van der Waals surface area contributed by atoms with Gasteiger partial charge in [-0.05, 0) is 57.4 Å². The molecule has 2 atom stereocenters. The summed E-state index contributed by atoms with van der Waals surface area (Å²) >= 11 is 0. The number of para-hydroxylation sites is 2. The fourth-order valence-electron chi connectivity index (χ4n) is 5.96. The fraction of sp³-hybridized carbons (Fsp3) is 0.514. The van der Waals surface area contributed by atoms with Crippen molar-refractivity contribution in [1.29, 1.82) is 0 Å². The van der Waals surface area contributed by atoms with Crippen molar-refractivity contribution in [2.24, 2.45) is 11.8 Å². The van der Waals surface area contributed by atoms with Gasteiger partial charge in [-0.1, -0.05) is 55.5 Å². The van der Waals surface area contributed by atoms with E-state index in [9.17, 15) is 14.4 Å². The Morgan fingerprint density at radius 1 is 0.957 bits per heavy atom. The second kappa shape index (κ2) is 15.0. The first-order valence-corrected chi connectivity index (χ1v) is 16.3. The van der Waals surface area contributed by atoms with Crippen molar-refractivity contribution >= 4 is 17.9 Å². The Morgan fingerprint density at radius 3 is 2.26 bits per heavy atom. The molecule has 2 fully saturated rings. The molecule has 252 valence electrons. The molecule has 0 radical (unpaired) electrons. The molecule has 0 unspecified atom stereocenters. The summed E-state index contributed by atoms with van der Waals surface area (Å²) in [5.74, 6) is -0.146. The summed E-state index contributed by atoms with van der Waals surface area (Å²) < 4.78 is 19.0. The summed E-state index contributed by atoms with van der Waals surface area (Å²) in [5.41, 5.74) is 0.687. The third-order valence-corrected chi connectivity index (χ3v) is 8.10. The number of piperidine rings is 1. The van der Waals surface area contributed by atoms with E-state index in [-0.39, 0.29) is 43.1 Å². The molecule has 3 heterocycles. The van der Waals surface area contributed by atoms with E-state index in [1.807, 2.05) is 95.3 Å². The maximum Gasteiger partial charge on any atom is 0.410 e. The maximum absolute atomic E-state index is 14.6. The summed E-state index contributed by atoms with van der Waals surface area (Å²) in [6.07, 6.45) is -0.109. The average Bonchev–Trinajstić information content (AvgIpc) is 3.50. The van der Waals surface area contributed by atoms with Gasteiger partial charge in [0.2, 0.25) is 5.91 Å². The first-order valence-electron chi connectivity index (χ1n) is 16.3. The van der Waals surface area contributed by atoms with Crippen molar-refractivity contribution in [3.05, 3.63) is 72.1 Å². The highest BCUT2D eigenvalue weighted by Crippen LogP contribution is 2.28. The van der Waals surface area contributed by atoms with Crippen molar-refractivity contribution < 1.29 is 28.6 Å². The number of aromatic nitrogens is 3. The van der Waals surface area contributed by atoms with Crippen LogP contribution in [0.3, 0.4) is 0 Å². The molecule has 3 amide bonds. The van der Waals surface area contributed by atoms with Crippen LogP contribution in [-0.2, 0) is 20.9 Å². The zero-order valence-corrected chi connectivity index (χ0v) is 28.0. The number of carbonyl (C=O) groups is 3. The van der Waals surface area contributed by atoms with Gasteiger partial charge < -0.3 is 28.9 Å². The SMILES string of the molecule is CC(C)CN(C(=O)c1nnn(-c2ccccc2)c1COc1ccccc1)[C@H]1C[C@@H](C(=O)N2CCOCC2)CN(C(=O)OC(C)(C)C)C1. The van der Waals surface area contributed by atoms with E-state index < -0.39 is 23.7 Å². The molecule has 5 rings (SSSR count). The molecule has 47 heavy (non-hydrogen) atoms. The molecular formula is C35H46N6O6. The van der Waals surface area contributed by atoms with E-state index in [1.165, 1.54) is 0 Å². The third kappa shape index (κ3) is 8.68. The number of hydrogen-bond donors (Lipinski definition) is 0. The predicted octanol–water partition coefficient (Wildman–Crippen LogP) is 4.43. The fourth-order valence-corrected chi connectivity index (χ4v) is 5.96. The molecule has 1 aromatic heterocycles. The minimum atomic E-state index is -0.717. The van der Waals surface area contributed by atoms with Gasteiger partial charge in [0.05, 0.1) is 30.9 Å². The van der Waals surface area contributed by atoms with Crippen molar-refractivity contribution in [1.82, 2.24) is 29.7 Å². The number of nitrogens with zero attached hydrogens (tertiary/aromatic N) is 6. The first-order chi connectivity index (χ1) is 22.5. The van der Waals surface area contributed by atoms with Crippen molar-refractivity contribution in [3.8, 4) is 11.4 Å². The second-order valence-corrected chi connectivity index (χ2v) is 13.5. The van der Waals surface area contributed by atoms with Gasteiger partial charge in [-0.3, -0.25) is 9.59 Å². The average molecular weight is 647 g/mol. The zero-order chi connectivity index (χ0) is 33.6. The van der Waals surface area contributed by atoms with Crippen LogP contribution in [0.1, 0.15) is 57.2 Å². The van der Waals surface area contributed by atoms with Gasteiger partial charge in [0.1, 0.15) is 23.7 Å². The number of morpholine rings is 1. The predicted molar refractivity (Wildman–Crippen MR) is 175 cm³/mol. The van der Waals surface area contributed by atoms with Gasteiger partial charge in [-0.2, -0.15) is 0 Å². The van der Waals surface area contributed by atoms with Crippen LogP contribution < -0.4 is 4.74 Å². The summed E-state index contributed by atoms with van der Waals surface area (Å²) in [7, 11) is 0. The monoisotopic (exact) mass is 646 g/mol. The zero-order valence-electron chi connectivity index (χ0n) is 28.0. The summed E-state index contributed by atoms with van der Waals surface area (Å²) in [4.78, 5) is 47.0. The molecule has 0 spiro atoms. The lowest BCUT2D eigenvalue weighted by Gasteiger charge is -2.44. The van der Waals surface area contributed by atoms with Crippen LogP contribution in [0.4, 0.5) is 4.79 Å². The quantitative estimate of drug-likeness (QED) is 0.335. The van der Waals surface area contributed by atoms with Gasteiger partial charge in [0, 0.05) is 32.7 Å². The summed E-state index contributed by atoms with van der Waals surface area (Å²) in [6, 6.07) is 18.4. The van der Waals surface area contributed by atoms with Crippen LogP contribution in [0, 0.1) is 11.8 Å².